The molecule has 0 radical (unpaired) electrons. The molecule has 1 amide bonds. The number of amides is 1. The van der Waals surface area contributed by atoms with Crippen LogP contribution in [0.5, 0.6) is 0 Å². The third-order valence-corrected chi connectivity index (χ3v) is 3.79. The summed E-state index contributed by atoms with van der Waals surface area (Å²) in [6, 6.07) is 0.514. The van der Waals surface area contributed by atoms with Gasteiger partial charge in [-0.05, 0) is 39.8 Å². The summed E-state index contributed by atoms with van der Waals surface area (Å²) in [7, 11) is 2.04. The van der Waals surface area contributed by atoms with Crippen LogP contribution in [-0.2, 0) is 4.79 Å². The molecule has 0 aromatic rings. The van der Waals surface area contributed by atoms with E-state index in [2.05, 4.69) is 22.5 Å². The average Bonchev–Trinajstić information content (AvgIpc) is 2.39. The first-order chi connectivity index (χ1) is 8.65. The lowest BCUT2D eigenvalue weighted by Crippen LogP contribution is -2.49. The Balaban J connectivity index is 2.25. The molecule has 4 nitrogen and oxygen atoms in total. The number of carbonyl (C=O) groups is 1. The first-order valence-corrected chi connectivity index (χ1v) is 7.36. The molecule has 18 heavy (non-hydrogen) atoms. The maximum atomic E-state index is 11.9. The molecule has 0 aromatic carbocycles. The zero-order chi connectivity index (χ0) is 13.4. The van der Waals surface area contributed by atoms with Crippen LogP contribution < -0.4 is 10.6 Å². The maximum absolute atomic E-state index is 11.9. The van der Waals surface area contributed by atoms with Gasteiger partial charge in [0.15, 0.2) is 0 Å². The summed E-state index contributed by atoms with van der Waals surface area (Å²) < 4.78 is 0. The van der Waals surface area contributed by atoms with Gasteiger partial charge in [0.05, 0.1) is 6.04 Å². The van der Waals surface area contributed by atoms with Crippen molar-refractivity contribution >= 4 is 5.91 Å². The van der Waals surface area contributed by atoms with Gasteiger partial charge in [-0.3, -0.25) is 9.69 Å². The fourth-order valence-corrected chi connectivity index (χ4v) is 2.32. The molecule has 0 aromatic heterocycles. The van der Waals surface area contributed by atoms with Gasteiger partial charge in [0.25, 0.3) is 0 Å². The van der Waals surface area contributed by atoms with Crippen molar-refractivity contribution in [3.8, 4) is 0 Å². The molecule has 1 rings (SSSR count). The van der Waals surface area contributed by atoms with Crippen LogP contribution >= 0.6 is 0 Å². The molecule has 2 N–H and O–H groups in total. The second-order valence-electron chi connectivity index (χ2n) is 5.41. The Bertz CT molecular complexity index is 239. The number of carbonyl (C=O) groups excluding carboxylic acids is 1. The van der Waals surface area contributed by atoms with E-state index in [0.29, 0.717) is 6.04 Å². The molecule has 1 aliphatic rings. The SMILES string of the molecule is CCCCNC(=O)C(C)N(C)CC1CCCCN1. The predicted molar refractivity (Wildman–Crippen MR) is 75.7 cm³/mol. The Kier molecular flexibility index (Phi) is 7.28. The molecule has 0 bridgehead atoms. The van der Waals surface area contributed by atoms with Crippen LogP contribution in [0, 0.1) is 0 Å². The number of rotatable bonds is 7. The molecule has 106 valence electrons. The van der Waals surface area contributed by atoms with Gasteiger partial charge < -0.3 is 10.6 Å². The first kappa shape index (κ1) is 15.4. The van der Waals surface area contributed by atoms with E-state index < -0.39 is 0 Å². The van der Waals surface area contributed by atoms with Gasteiger partial charge in [-0.1, -0.05) is 19.8 Å². The molecule has 1 heterocycles. The van der Waals surface area contributed by atoms with Crippen molar-refractivity contribution in [2.45, 2.75) is 58.0 Å². The normalized spacial score (nSPS) is 21.9. The highest BCUT2D eigenvalue weighted by Crippen LogP contribution is 2.09. The quantitative estimate of drug-likeness (QED) is 0.675. The number of nitrogens with one attached hydrogen (secondary N) is 2. The number of piperidine rings is 1. The smallest absolute Gasteiger partial charge is 0.237 e. The van der Waals surface area contributed by atoms with Crippen molar-refractivity contribution in [2.24, 2.45) is 0 Å². The largest absolute Gasteiger partial charge is 0.355 e. The minimum absolute atomic E-state index is 0.0365. The molecular formula is C14H29N3O. The van der Waals surface area contributed by atoms with E-state index in [1.807, 2.05) is 14.0 Å². The Morgan fingerprint density at radius 3 is 2.89 bits per heavy atom. The lowest BCUT2D eigenvalue weighted by atomic mass is 10.0. The Morgan fingerprint density at radius 2 is 2.28 bits per heavy atom. The average molecular weight is 255 g/mol. The fourth-order valence-electron chi connectivity index (χ4n) is 2.32. The van der Waals surface area contributed by atoms with Gasteiger partial charge >= 0.3 is 0 Å². The van der Waals surface area contributed by atoms with Gasteiger partial charge in [0.1, 0.15) is 0 Å². The molecule has 2 unspecified atom stereocenters. The molecule has 0 saturated carbocycles. The van der Waals surface area contributed by atoms with Gasteiger partial charge in [-0.2, -0.15) is 0 Å². The lowest BCUT2D eigenvalue weighted by Gasteiger charge is -2.31. The van der Waals surface area contributed by atoms with Gasteiger partial charge in [0.2, 0.25) is 5.91 Å². The van der Waals surface area contributed by atoms with Crippen LogP contribution in [0.15, 0.2) is 0 Å². The Hall–Kier alpha value is -0.610. The maximum Gasteiger partial charge on any atom is 0.237 e. The van der Waals surface area contributed by atoms with E-state index >= 15 is 0 Å². The molecule has 1 saturated heterocycles. The van der Waals surface area contributed by atoms with Crippen molar-refractivity contribution in [3.05, 3.63) is 0 Å². The molecule has 0 aliphatic carbocycles. The van der Waals surface area contributed by atoms with Crippen molar-refractivity contribution in [2.75, 3.05) is 26.7 Å². The molecular weight excluding hydrogens is 226 g/mol. The predicted octanol–water partition coefficient (Wildman–Crippen LogP) is 1.37. The Labute approximate surface area is 111 Å². The van der Waals surface area contributed by atoms with Crippen molar-refractivity contribution < 1.29 is 4.79 Å². The number of hydrogen-bond donors (Lipinski definition) is 2. The zero-order valence-corrected chi connectivity index (χ0v) is 12.2. The summed E-state index contributed by atoms with van der Waals surface area (Å²) in [6.45, 7) is 7.01. The van der Waals surface area contributed by atoms with E-state index in [4.69, 9.17) is 0 Å². The number of unbranched alkanes of at least 4 members (excludes halogenated alkanes) is 1. The van der Waals surface area contributed by atoms with E-state index in [1.54, 1.807) is 0 Å². The van der Waals surface area contributed by atoms with E-state index in [0.717, 1.165) is 32.5 Å². The highest BCUT2D eigenvalue weighted by molar-refractivity contribution is 5.81. The molecule has 4 heteroatoms. The highest BCUT2D eigenvalue weighted by atomic mass is 16.2. The number of hydrogen-bond acceptors (Lipinski definition) is 3. The van der Waals surface area contributed by atoms with Gasteiger partial charge in [0, 0.05) is 19.1 Å². The minimum atomic E-state index is -0.0365. The third kappa shape index (κ3) is 5.36. The standard InChI is InChI=1S/C14H29N3O/c1-4-5-9-16-14(18)12(2)17(3)11-13-8-6-7-10-15-13/h12-13,15H,4-11H2,1-3H3,(H,16,18). The number of nitrogens with zero attached hydrogens (tertiary/aromatic N) is 1. The topological polar surface area (TPSA) is 44.4 Å². The van der Waals surface area contributed by atoms with E-state index in [1.165, 1.54) is 19.3 Å². The molecule has 0 spiro atoms. The summed E-state index contributed by atoms with van der Waals surface area (Å²) in [5, 5.41) is 6.52. The second kappa shape index (κ2) is 8.48. The molecule has 1 fully saturated rings. The minimum Gasteiger partial charge on any atom is -0.355 e. The third-order valence-electron chi connectivity index (χ3n) is 3.79. The van der Waals surface area contributed by atoms with Gasteiger partial charge in [-0.25, -0.2) is 0 Å². The van der Waals surface area contributed by atoms with Crippen LogP contribution in [0.25, 0.3) is 0 Å². The highest BCUT2D eigenvalue weighted by Gasteiger charge is 2.21. The van der Waals surface area contributed by atoms with Crippen LogP contribution in [0.3, 0.4) is 0 Å². The number of likely N-dealkylation sites (N-methyl/N-ethyl adjacent to an activating group) is 1. The van der Waals surface area contributed by atoms with Crippen molar-refractivity contribution in [1.82, 2.24) is 15.5 Å². The van der Waals surface area contributed by atoms with Crippen molar-refractivity contribution in [1.29, 1.82) is 0 Å². The Morgan fingerprint density at radius 1 is 1.50 bits per heavy atom. The van der Waals surface area contributed by atoms with Crippen LogP contribution in [0.4, 0.5) is 0 Å². The zero-order valence-electron chi connectivity index (χ0n) is 12.2. The summed E-state index contributed by atoms with van der Waals surface area (Å²) in [4.78, 5) is 14.1. The second-order valence-corrected chi connectivity index (χ2v) is 5.41. The lowest BCUT2D eigenvalue weighted by molar-refractivity contribution is -0.125. The summed E-state index contributed by atoms with van der Waals surface area (Å²) in [5.74, 6) is 0.154. The van der Waals surface area contributed by atoms with E-state index in [-0.39, 0.29) is 11.9 Å². The first-order valence-electron chi connectivity index (χ1n) is 7.36. The summed E-state index contributed by atoms with van der Waals surface area (Å²) in [5.41, 5.74) is 0. The van der Waals surface area contributed by atoms with Crippen LogP contribution in [0.1, 0.15) is 46.0 Å². The monoisotopic (exact) mass is 255 g/mol. The summed E-state index contributed by atoms with van der Waals surface area (Å²) in [6.07, 6.45) is 6.01. The van der Waals surface area contributed by atoms with Crippen LogP contribution in [0.2, 0.25) is 0 Å². The van der Waals surface area contributed by atoms with Crippen LogP contribution in [-0.4, -0.2) is 49.6 Å². The molecule has 1 aliphatic heterocycles. The van der Waals surface area contributed by atoms with Crippen molar-refractivity contribution in [3.63, 3.8) is 0 Å². The van der Waals surface area contributed by atoms with Gasteiger partial charge in [-0.15, -0.1) is 0 Å². The van der Waals surface area contributed by atoms with E-state index in [9.17, 15) is 4.79 Å². The fraction of sp³-hybridized carbons (Fsp3) is 0.929. The summed E-state index contributed by atoms with van der Waals surface area (Å²) >= 11 is 0. The molecule has 2 atom stereocenters.